The van der Waals surface area contributed by atoms with Crippen molar-refractivity contribution < 1.29 is 14.4 Å². The Balaban J connectivity index is 1.85. The van der Waals surface area contributed by atoms with Gasteiger partial charge in [0.25, 0.3) is 5.91 Å². The number of hydrogen-bond donors (Lipinski definition) is 3. The average Bonchev–Trinajstić information content (AvgIpc) is 3.06. The molecule has 0 aliphatic heterocycles. The minimum atomic E-state index is -0.503. The Hall–Kier alpha value is -1.96. The van der Waals surface area contributed by atoms with Crippen LogP contribution >= 0.6 is 11.3 Å². The maximum Gasteiger partial charge on any atom is 0.289 e. The van der Waals surface area contributed by atoms with Crippen LogP contribution in [-0.4, -0.2) is 22.7 Å². The topological polar surface area (TPSA) is 100 Å². The standard InChI is InChI=1S/C10H12N4O3S/c1-5(15)11-10-12-7(4-18-10)9(17)14-13-8(16)6-2-3-6/h4,6H,2-3H2,1H3,(H,13,16)(H,14,17)(H,11,12,15). The molecule has 7 nitrogen and oxygen atoms in total. The number of amides is 3. The third-order valence-electron chi connectivity index (χ3n) is 2.27. The first-order valence-corrected chi connectivity index (χ1v) is 6.27. The van der Waals surface area contributed by atoms with Gasteiger partial charge in [-0.15, -0.1) is 11.3 Å². The van der Waals surface area contributed by atoms with Crippen LogP contribution in [0.15, 0.2) is 5.38 Å². The molecule has 1 fully saturated rings. The van der Waals surface area contributed by atoms with Gasteiger partial charge in [0, 0.05) is 18.2 Å². The van der Waals surface area contributed by atoms with Gasteiger partial charge in [0.05, 0.1) is 0 Å². The third-order valence-corrected chi connectivity index (χ3v) is 3.02. The third kappa shape index (κ3) is 3.27. The van der Waals surface area contributed by atoms with Gasteiger partial charge in [-0.3, -0.25) is 25.2 Å². The number of carbonyl (C=O) groups excluding carboxylic acids is 3. The fraction of sp³-hybridized carbons (Fsp3) is 0.400. The summed E-state index contributed by atoms with van der Waals surface area (Å²) in [7, 11) is 0. The summed E-state index contributed by atoms with van der Waals surface area (Å²) < 4.78 is 0. The summed E-state index contributed by atoms with van der Waals surface area (Å²) in [4.78, 5) is 37.6. The van der Waals surface area contributed by atoms with Crippen LogP contribution in [0.2, 0.25) is 0 Å². The average molecular weight is 268 g/mol. The molecule has 0 saturated heterocycles. The molecule has 0 aromatic carbocycles. The van der Waals surface area contributed by atoms with Crippen LogP contribution in [0.4, 0.5) is 5.13 Å². The van der Waals surface area contributed by atoms with Gasteiger partial charge in [0.15, 0.2) is 5.13 Å². The summed E-state index contributed by atoms with van der Waals surface area (Å²) in [6.07, 6.45) is 1.73. The SMILES string of the molecule is CC(=O)Nc1nc(C(=O)NNC(=O)C2CC2)cs1. The normalized spacial score (nSPS) is 13.8. The molecule has 0 atom stereocenters. The zero-order chi connectivity index (χ0) is 13.1. The Morgan fingerprint density at radius 3 is 2.67 bits per heavy atom. The number of thiazole rings is 1. The summed E-state index contributed by atoms with van der Waals surface area (Å²) in [6, 6.07) is 0. The molecule has 1 aromatic rings. The van der Waals surface area contributed by atoms with Crippen LogP contribution in [0, 0.1) is 5.92 Å². The number of hydrazine groups is 1. The van der Waals surface area contributed by atoms with Crippen molar-refractivity contribution >= 4 is 34.2 Å². The minimum Gasteiger partial charge on any atom is -0.302 e. The van der Waals surface area contributed by atoms with E-state index >= 15 is 0 Å². The van der Waals surface area contributed by atoms with Gasteiger partial charge in [0.2, 0.25) is 11.8 Å². The van der Waals surface area contributed by atoms with Gasteiger partial charge in [-0.2, -0.15) is 0 Å². The number of nitrogens with zero attached hydrogens (tertiary/aromatic N) is 1. The van der Waals surface area contributed by atoms with Crippen molar-refractivity contribution in [3.8, 4) is 0 Å². The summed E-state index contributed by atoms with van der Waals surface area (Å²) in [6.45, 7) is 1.36. The van der Waals surface area contributed by atoms with Gasteiger partial charge >= 0.3 is 0 Å². The Labute approximate surface area is 107 Å². The van der Waals surface area contributed by atoms with E-state index in [2.05, 4.69) is 21.2 Å². The van der Waals surface area contributed by atoms with E-state index in [0.717, 1.165) is 24.2 Å². The van der Waals surface area contributed by atoms with E-state index in [1.807, 2.05) is 0 Å². The Kier molecular flexibility index (Phi) is 3.56. The number of aromatic nitrogens is 1. The summed E-state index contributed by atoms with van der Waals surface area (Å²) in [5.74, 6) is -0.911. The van der Waals surface area contributed by atoms with Crippen molar-refractivity contribution in [3.63, 3.8) is 0 Å². The first-order chi connectivity index (χ1) is 8.56. The summed E-state index contributed by atoms with van der Waals surface area (Å²) in [5, 5.41) is 4.33. The molecular formula is C10H12N4O3S. The van der Waals surface area contributed by atoms with Crippen molar-refractivity contribution in [1.82, 2.24) is 15.8 Å². The highest BCUT2D eigenvalue weighted by Gasteiger charge is 2.29. The van der Waals surface area contributed by atoms with Crippen molar-refractivity contribution in [2.24, 2.45) is 5.92 Å². The molecule has 8 heteroatoms. The second kappa shape index (κ2) is 5.13. The van der Waals surface area contributed by atoms with Gasteiger partial charge in [-0.05, 0) is 12.8 Å². The molecule has 1 aliphatic carbocycles. The molecule has 1 saturated carbocycles. The maximum absolute atomic E-state index is 11.6. The van der Waals surface area contributed by atoms with E-state index in [4.69, 9.17) is 0 Å². The van der Waals surface area contributed by atoms with Gasteiger partial charge in [-0.25, -0.2) is 4.98 Å². The zero-order valence-electron chi connectivity index (χ0n) is 9.65. The van der Waals surface area contributed by atoms with Gasteiger partial charge < -0.3 is 5.32 Å². The fourth-order valence-electron chi connectivity index (χ4n) is 1.22. The lowest BCUT2D eigenvalue weighted by Crippen LogP contribution is -2.42. The quantitative estimate of drug-likeness (QED) is 0.685. The van der Waals surface area contributed by atoms with Crippen LogP contribution < -0.4 is 16.2 Å². The monoisotopic (exact) mass is 268 g/mol. The molecule has 0 bridgehead atoms. The van der Waals surface area contributed by atoms with Crippen molar-refractivity contribution in [2.75, 3.05) is 5.32 Å². The van der Waals surface area contributed by atoms with Crippen molar-refractivity contribution in [3.05, 3.63) is 11.1 Å². The Morgan fingerprint density at radius 1 is 1.33 bits per heavy atom. The lowest BCUT2D eigenvalue weighted by molar-refractivity contribution is -0.123. The minimum absolute atomic E-state index is 0.0238. The summed E-state index contributed by atoms with van der Waals surface area (Å²) >= 11 is 1.14. The predicted molar refractivity (Wildman–Crippen MR) is 64.8 cm³/mol. The number of carbonyl (C=O) groups is 3. The molecular weight excluding hydrogens is 256 g/mol. The second-order valence-electron chi connectivity index (χ2n) is 3.94. The van der Waals surface area contributed by atoms with Crippen LogP contribution in [0.25, 0.3) is 0 Å². The van der Waals surface area contributed by atoms with Crippen molar-refractivity contribution in [2.45, 2.75) is 19.8 Å². The molecule has 0 unspecified atom stereocenters. The highest BCUT2D eigenvalue weighted by atomic mass is 32.1. The highest BCUT2D eigenvalue weighted by Crippen LogP contribution is 2.28. The first kappa shape index (κ1) is 12.5. The Morgan fingerprint density at radius 2 is 2.06 bits per heavy atom. The van der Waals surface area contributed by atoms with Gasteiger partial charge in [0.1, 0.15) is 5.69 Å². The highest BCUT2D eigenvalue weighted by molar-refractivity contribution is 7.14. The molecule has 0 radical (unpaired) electrons. The zero-order valence-corrected chi connectivity index (χ0v) is 10.5. The second-order valence-corrected chi connectivity index (χ2v) is 4.79. The molecule has 1 aliphatic rings. The largest absolute Gasteiger partial charge is 0.302 e. The van der Waals surface area contributed by atoms with E-state index in [1.54, 1.807) is 0 Å². The molecule has 1 aromatic heterocycles. The number of hydrogen-bond acceptors (Lipinski definition) is 5. The Bertz CT molecular complexity index is 495. The molecule has 1 heterocycles. The molecule has 0 spiro atoms. The number of rotatable bonds is 3. The predicted octanol–water partition coefficient (Wildman–Crippen LogP) is 0.272. The lowest BCUT2D eigenvalue weighted by Gasteiger charge is -2.04. The van der Waals surface area contributed by atoms with E-state index in [9.17, 15) is 14.4 Å². The summed E-state index contributed by atoms with van der Waals surface area (Å²) in [5.41, 5.74) is 4.76. The lowest BCUT2D eigenvalue weighted by atomic mass is 10.4. The van der Waals surface area contributed by atoms with E-state index in [0.29, 0.717) is 5.13 Å². The van der Waals surface area contributed by atoms with Gasteiger partial charge in [-0.1, -0.05) is 0 Å². The molecule has 18 heavy (non-hydrogen) atoms. The maximum atomic E-state index is 11.6. The van der Waals surface area contributed by atoms with E-state index < -0.39 is 5.91 Å². The van der Waals surface area contributed by atoms with Crippen molar-refractivity contribution in [1.29, 1.82) is 0 Å². The molecule has 3 N–H and O–H groups in total. The molecule has 96 valence electrons. The van der Waals surface area contributed by atoms with E-state index in [1.165, 1.54) is 12.3 Å². The first-order valence-electron chi connectivity index (χ1n) is 5.39. The van der Waals surface area contributed by atoms with E-state index in [-0.39, 0.29) is 23.4 Å². The fourth-order valence-corrected chi connectivity index (χ4v) is 1.95. The smallest absolute Gasteiger partial charge is 0.289 e. The number of anilines is 1. The molecule has 2 rings (SSSR count). The van der Waals surface area contributed by atoms with Crippen LogP contribution in [0.3, 0.4) is 0 Å². The number of nitrogens with one attached hydrogen (secondary N) is 3. The molecule has 3 amide bonds. The van der Waals surface area contributed by atoms with Crippen LogP contribution in [-0.2, 0) is 9.59 Å². The van der Waals surface area contributed by atoms with Crippen LogP contribution in [0.5, 0.6) is 0 Å². The van der Waals surface area contributed by atoms with Crippen LogP contribution in [0.1, 0.15) is 30.3 Å².